The van der Waals surface area contributed by atoms with Gasteiger partial charge in [-0.2, -0.15) is 0 Å². The van der Waals surface area contributed by atoms with Crippen molar-refractivity contribution in [3.8, 4) is 0 Å². The van der Waals surface area contributed by atoms with Crippen LogP contribution in [-0.4, -0.2) is 46.5 Å². The zero-order valence-corrected chi connectivity index (χ0v) is 15.7. The SMILES string of the molecule is O=C(c1cc(Cl)ccc1F)N1CC[C@@]23OC[C@@H](c4ccccc4)N2C(=O)C[C@@H]13. The van der Waals surface area contributed by atoms with Crippen LogP contribution in [0.25, 0.3) is 0 Å². The van der Waals surface area contributed by atoms with Gasteiger partial charge < -0.3 is 14.5 Å². The number of hydrogen-bond acceptors (Lipinski definition) is 3. The van der Waals surface area contributed by atoms with Crippen molar-refractivity contribution >= 4 is 23.4 Å². The van der Waals surface area contributed by atoms with Gasteiger partial charge in [0.1, 0.15) is 5.82 Å². The average molecular weight is 401 g/mol. The molecule has 3 aliphatic rings. The number of halogens is 2. The molecule has 0 N–H and O–H groups in total. The van der Waals surface area contributed by atoms with E-state index >= 15 is 0 Å². The Morgan fingerprint density at radius 3 is 2.79 bits per heavy atom. The first kappa shape index (κ1) is 17.6. The maximum absolute atomic E-state index is 14.2. The van der Waals surface area contributed by atoms with Crippen molar-refractivity contribution in [3.63, 3.8) is 0 Å². The van der Waals surface area contributed by atoms with Gasteiger partial charge in [-0.1, -0.05) is 41.9 Å². The van der Waals surface area contributed by atoms with E-state index in [0.717, 1.165) is 5.56 Å². The highest BCUT2D eigenvalue weighted by Gasteiger charge is 2.65. The Bertz CT molecular complexity index is 969. The number of carbonyl (C=O) groups excluding carboxylic acids is 2. The van der Waals surface area contributed by atoms with Crippen LogP contribution in [0.1, 0.15) is 34.8 Å². The van der Waals surface area contributed by atoms with Gasteiger partial charge in [-0.05, 0) is 23.8 Å². The molecule has 2 aromatic rings. The van der Waals surface area contributed by atoms with Gasteiger partial charge in [0.2, 0.25) is 5.91 Å². The van der Waals surface area contributed by atoms with Gasteiger partial charge in [0.05, 0.1) is 30.7 Å². The number of rotatable bonds is 2. The fraction of sp³-hybridized carbons (Fsp3) is 0.333. The van der Waals surface area contributed by atoms with E-state index in [2.05, 4.69) is 0 Å². The largest absolute Gasteiger partial charge is 0.351 e. The predicted octanol–water partition coefficient (Wildman–Crippen LogP) is 3.39. The average Bonchev–Trinajstić information content (AvgIpc) is 3.33. The lowest BCUT2D eigenvalue weighted by molar-refractivity contribution is -0.138. The van der Waals surface area contributed by atoms with Crippen LogP contribution in [0.15, 0.2) is 48.5 Å². The van der Waals surface area contributed by atoms with E-state index in [9.17, 15) is 14.0 Å². The van der Waals surface area contributed by atoms with E-state index in [-0.39, 0.29) is 23.9 Å². The Hall–Kier alpha value is -2.44. The summed E-state index contributed by atoms with van der Waals surface area (Å²) in [6.45, 7) is 0.792. The minimum atomic E-state index is -0.831. The molecule has 3 heterocycles. The van der Waals surface area contributed by atoms with E-state index in [4.69, 9.17) is 16.3 Å². The summed E-state index contributed by atoms with van der Waals surface area (Å²) < 4.78 is 20.4. The molecule has 3 fully saturated rings. The fourth-order valence-corrected chi connectivity index (χ4v) is 5.00. The minimum Gasteiger partial charge on any atom is -0.351 e. The molecule has 0 aromatic heterocycles. The molecule has 0 unspecified atom stereocenters. The summed E-state index contributed by atoms with van der Waals surface area (Å²) in [7, 11) is 0. The molecular weight excluding hydrogens is 383 g/mol. The normalized spacial score (nSPS) is 28.6. The van der Waals surface area contributed by atoms with Crippen LogP contribution in [0.3, 0.4) is 0 Å². The summed E-state index contributed by atoms with van der Waals surface area (Å²) in [5, 5.41) is 0.295. The van der Waals surface area contributed by atoms with Crippen LogP contribution in [0.4, 0.5) is 4.39 Å². The number of amides is 2. The van der Waals surface area contributed by atoms with Crippen LogP contribution in [0.2, 0.25) is 5.02 Å². The van der Waals surface area contributed by atoms with E-state index in [0.29, 0.717) is 24.6 Å². The van der Waals surface area contributed by atoms with Gasteiger partial charge in [0, 0.05) is 18.0 Å². The van der Waals surface area contributed by atoms with Crippen LogP contribution in [-0.2, 0) is 9.53 Å². The third-order valence-electron chi connectivity index (χ3n) is 6.06. The van der Waals surface area contributed by atoms with Crippen molar-refractivity contribution in [2.24, 2.45) is 0 Å². The fourth-order valence-electron chi connectivity index (χ4n) is 4.83. The topological polar surface area (TPSA) is 49.9 Å². The van der Waals surface area contributed by atoms with E-state index in [1.807, 2.05) is 30.3 Å². The number of benzene rings is 2. The van der Waals surface area contributed by atoms with Crippen molar-refractivity contribution in [3.05, 3.63) is 70.5 Å². The molecular formula is C21H18ClFN2O3. The molecule has 5 rings (SSSR count). The summed E-state index contributed by atoms with van der Waals surface area (Å²) in [5.41, 5.74) is 0.106. The first-order valence-electron chi connectivity index (χ1n) is 9.28. The quantitative estimate of drug-likeness (QED) is 0.776. The van der Waals surface area contributed by atoms with Crippen molar-refractivity contribution in [1.82, 2.24) is 9.80 Å². The summed E-state index contributed by atoms with van der Waals surface area (Å²) in [6.07, 6.45) is 0.692. The monoisotopic (exact) mass is 400 g/mol. The molecule has 1 spiro atoms. The third kappa shape index (κ3) is 2.41. The van der Waals surface area contributed by atoms with Crippen LogP contribution in [0.5, 0.6) is 0 Å². The molecule has 2 aromatic carbocycles. The second-order valence-electron chi connectivity index (χ2n) is 7.44. The van der Waals surface area contributed by atoms with Crippen molar-refractivity contribution in [2.45, 2.75) is 30.7 Å². The molecule has 0 bridgehead atoms. The van der Waals surface area contributed by atoms with Crippen LogP contribution >= 0.6 is 11.6 Å². The van der Waals surface area contributed by atoms with E-state index in [1.165, 1.54) is 18.2 Å². The Kier molecular flexibility index (Phi) is 3.96. The lowest BCUT2D eigenvalue weighted by Gasteiger charge is -2.33. The summed E-state index contributed by atoms with van der Waals surface area (Å²) >= 11 is 5.95. The smallest absolute Gasteiger partial charge is 0.257 e. The van der Waals surface area contributed by atoms with Crippen LogP contribution in [0, 0.1) is 5.82 Å². The number of carbonyl (C=O) groups is 2. The maximum Gasteiger partial charge on any atom is 0.257 e. The molecule has 0 aliphatic carbocycles. The Morgan fingerprint density at radius 2 is 2.00 bits per heavy atom. The molecule has 5 nitrogen and oxygen atoms in total. The van der Waals surface area contributed by atoms with Crippen molar-refractivity contribution in [1.29, 1.82) is 0 Å². The van der Waals surface area contributed by atoms with Gasteiger partial charge in [-0.15, -0.1) is 0 Å². The van der Waals surface area contributed by atoms with Crippen molar-refractivity contribution < 1.29 is 18.7 Å². The van der Waals surface area contributed by atoms with Gasteiger partial charge in [0.25, 0.3) is 5.91 Å². The molecule has 144 valence electrons. The summed E-state index contributed by atoms with van der Waals surface area (Å²) in [6, 6.07) is 13.1. The second-order valence-corrected chi connectivity index (χ2v) is 7.88. The number of likely N-dealkylation sites (tertiary alicyclic amines) is 1. The Morgan fingerprint density at radius 1 is 1.21 bits per heavy atom. The van der Waals surface area contributed by atoms with Gasteiger partial charge in [-0.25, -0.2) is 4.39 Å². The summed E-state index contributed by atoms with van der Waals surface area (Å²) in [4.78, 5) is 29.3. The Balaban J connectivity index is 1.48. The van der Waals surface area contributed by atoms with Crippen molar-refractivity contribution in [2.75, 3.05) is 13.2 Å². The third-order valence-corrected chi connectivity index (χ3v) is 6.29. The molecule has 7 heteroatoms. The zero-order chi connectivity index (χ0) is 19.5. The van der Waals surface area contributed by atoms with E-state index < -0.39 is 23.5 Å². The molecule has 2 amide bonds. The molecule has 3 aliphatic heterocycles. The minimum absolute atomic E-state index is 0.0413. The summed E-state index contributed by atoms with van der Waals surface area (Å²) in [5.74, 6) is -1.12. The first-order valence-corrected chi connectivity index (χ1v) is 9.66. The van der Waals surface area contributed by atoms with Gasteiger partial charge in [-0.3, -0.25) is 9.59 Å². The standard InChI is InChI=1S/C21H18ClFN2O3/c22-14-6-7-16(23)15(10-14)20(27)24-9-8-21-18(24)11-19(26)25(21)17(12-28-21)13-4-2-1-3-5-13/h1-7,10,17-18H,8-9,11-12H2/t17-,18+,21-/m0/s1. The maximum atomic E-state index is 14.2. The molecule has 0 saturated carbocycles. The predicted molar refractivity (Wildman–Crippen MR) is 100 cm³/mol. The lowest BCUT2D eigenvalue weighted by Crippen LogP contribution is -2.49. The first-order chi connectivity index (χ1) is 13.5. The van der Waals surface area contributed by atoms with Crippen LogP contribution < -0.4 is 0 Å². The Labute approximate surface area is 166 Å². The molecule has 28 heavy (non-hydrogen) atoms. The number of hydrogen-bond donors (Lipinski definition) is 0. The molecule has 3 atom stereocenters. The zero-order valence-electron chi connectivity index (χ0n) is 15.0. The van der Waals surface area contributed by atoms with Gasteiger partial charge >= 0.3 is 0 Å². The number of nitrogens with zero attached hydrogens (tertiary/aromatic N) is 2. The lowest BCUT2D eigenvalue weighted by atomic mass is 10.0. The highest BCUT2D eigenvalue weighted by molar-refractivity contribution is 6.31. The highest BCUT2D eigenvalue weighted by Crippen LogP contribution is 2.51. The van der Waals surface area contributed by atoms with E-state index in [1.54, 1.807) is 9.80 Å². The van der Waals surface area contributed by atoms with Gasteiger partial charge in [0.15, 0.2) is 5.72 Å². The highest BCUT2D eigenvalue weighted by atomic mass is 35.5. The molecule has 3 saturated heterocycles. The molecule has 0 radical (unpaired) electrons. The number of ether oxygens (including phenoxy) is 1. The second kappa shape index (κ2) is 6.29.